The van der Waals surface area contributed by atoms with E-state index in [1.165, 1.54) is 12.1 Å². The number of rotatable bonds is 5. The number of halogens is 2. The van der Waals surface area contributed by atoms with Gasteiger partial charge in [-0.15, -0.1) is 0 Å². The van der Waals surface area contributed by atoms with E-state index in [2.05, 4.69) is 31.2 Å². The SMILES string of the molecule is CCNc1ncnc(Oc2cc(F)ccc2Br)c1[N+](=O)[O-]. The number of nitro groups is 1. The number of hydrogen-bond donors (Lipinski definition) is 1. The van der Waals surface area contributed by atoms with Gasteiger partial charge in [0.1, 0.15) is 17.9 Å². The van der Waals surface area contributed by atoms with Crippen molar-refractivity contribution in [1.29, 1.82) is 0 Å². The fourth-order valence-electron chi connectivity index (χ4n) is 1.56. The molecule has 0 aliphatic heterocycles. The lowest BCUT2D eigenvalue weighted by atomic mass is 10.3. The van der Waals surface area contributed by atoms with E-state index in [4.69, 9.17) is 4.74 Å². The maximum atomic E-state index is 13.2. The second-order valence-electron chi connectivity index (χ2n) is 3.84. The number of anilines is 1. The second-order valence-corrected chi connectivity index (χ2v) is 4.69. The summed E-state index contributed by atoms with van der Waals surface area (Å²) in [6, 6.07) is 3.77. The van der Waals surface area contributed by atoms with Gasteiger partial charge in [-0.1, -0.05) is 0 Å². The Hall–Kier alpha value is -2.29. The standard InChI is InChI=1S/C12H10BrFN4O3/c1-2-15-11-10(18(19)20)12(17-6-16-11)21-9-5-7(14)3-4-8(9)13/h3-6H,2H2,1H3,(H,15,16,17). The van der Waals surface area contributed by atoms with E-state index in [-0.39, 0.29) is 17.4 Å². The molecule has 0 fully saturated rings. The zero-order valence-corrected chi connectivity index (χ0v) is 12.4. The molecule has 110 valence electrons. The summed E-state index contributed by atoms with van der Waals surface area (Å²) in [6.07, 6.45) is 1.13. The highest BCUT2D eigenvalue weighted by atomic mass is 79.9. The van der Waals surface area contributed by atoms with Crippen LogP contribution in [0.2, 0.25) is 0 Å². The molecule has 0 aliphatic carbocycles. The van der Waals surface area contributed by atoms with Crippen LogP contribution in [0.1, 0.15) is 6.92 Å². The molecule has 0 amide bonds. The van der Waals surface area contributed by atoms with Gasteiger partial charge in [0.2, 0.25) is 5.82 Å². The summed E-state index contributed by atoms with van der Waals surface area (Å²) in [4.78, 5) is 18.1. The first-order valence-corrected chi connectivity index (χ1v) is 6.68. The maximum Gasteiger partial charge on any atom is 0.373 e. The lowest BCUT2D eigenvalue weighted by Crippen LogP contribution is -2.06. The molecule has 0 saturated carbocycles. The molecule has 0 radical (unpaired) electrons. The Labute approximate surface area is 127 Å². The normalized spacial score (nSPS) is 10.2. The number of nitrogens with one attached hydrogen (secondary N) is 1. The second kappa shape index (κ2) is 6.44. The van der Waals surface area contributed by atoms with Crippen molar-refractivity contribution in [3.05, 3.63) is 44.9 Å². The minimum atomic E-state index is -0.652. The van der Waals surface area contributed by atoms with Crippen LogP contribution in [0.15, 0.2) is 29.0 Å². The first kappa shape index (κ1) is 15.1. The van der Waals surface area contributed by atoms with Crippen LogP contribution in [0.4, 0.5) is 15.9 Å². The summed E-state index contributed by atoms with van der Waals surface area (Å²) < 4.78 is 19.0. The summed E-state index contributed by atoms with van der Waals surface area (Å²) in [5.41, 5.74) is -0.407. The van der Waals surface area contributed by atoms with Gasteiger partial charge in [0, 0.05) is 12.6 Å². The topological polar surface area (TPSA) is 90.2 Å². The molecule has 21 heavy (non-hydrogen) atoms. The predicted octanol–water partition coefficient (Wildman–Crippen LogP) is 3.51. The average molecular weight is 357 g/mol. The Morgan fingerprint density at radius 2 is 2.24 bits per heavy atom. The van der Waals surface area contributed by atoms with Gasteiger partial charge in [-0.05, 0) is 35.0 Å². The third kappa shape index (κ3) is 3.43. The van der Waals surface area contributed by atoms with Gasteiger partial charge < -0.3 is 10.1 Å². The first-order valence-electron chi connectivity index (χ1n) is 5.89. The van der Waals surface area contributed by atoms with E-state index in [1.807, 2.05) is 0 Å². The van der Waals surface area contributed by atoms with Crippen LogP contribution in [0.3, 0.4) is 0 Å². The van der Waals surface area contributed by atoms with Crippen molar-refractivity contribution in [2.45, 2.75) is 6.92 Å². The number of nitrogens with zero attached hydrogens (tertiary/aromatic N) is 3. The van der Waals surface area contributed by atoms with E-state index in [0.717, 1.165) is 12.4 Å². The van der Waals surface area contributed by atoms with Gasteiger partial charge >= 0.3 is 11.6 Å². The highest BCUT2D eigenvalue weighted by Crippen LogP contribution is 2.36. The molecule has 7 nitrogen and oxygen atoms in total. The van der Waals surface area contributed by atoms with Crippen molar-refractivity contribution >= 4 is 27.4 Å². The lowest BCUT2D eigenvalue weighted by Gasteiger charge is -2.09. The number of hydrogen-bond acceptors (Lipinski definition) is 6. The van der Waals surface area contributed by atoms with Gasteiger partial charge in [0.15, 0.2) is 0 Å². The van der Waals surface area contributed by atoms with Gasteiger partial charge in [-0.2, -0.15) is 4.98 Å². The van der Waals surface area contributed by atoms with E-state index in [9.17, 15) is 14.5 Å². The summed E-state index contributed by atoms with van der Waals surface area (Å²) in [5, 5.41) is 13.9. The highest BCUT2D eigenvalue weighted by molar-refractivity contribution is 9.10. The van der Waals surface area contributed by atoms with Crippen molar-refractivity contribution in [3.63, 3.8) is 0 Å². The Bertz CT molecular complexity index is 684. The van der Waals surface area contributed by atoms with E-state index in [0.29, 0.717) is 11.0 Å². The van der Waals surface area contributed by atoms with Gasteiger partial charge in [0.05, 0.1) is 9.40 Å². The molecule has 1 heterocycles. The fraction of sp³-hybridized carbons (Fsp3) is 0.167. The van der Waals surface area contributed by atoms with Crippen LogP contribution < -0.4 is 10.1 Å². The van der Waals surface area contributed by atoms with Gasteiger partial charge in [-0.25, -0.2) is 9.37 Å². The summed E-state index contributed by atoms with van der Waals surface area (Å²) in [6.45, 7) is 2.22. The van der Waals surface area contributed by atoms with Crippen LogP contribution >= 0.6 is 15.9 Å². The Kier molecular flexibility index (Phi) is 4.63. The highest BCUT2D eigenvalue weighted by Gasteiger charge is 2.25. The van der Waals surface area contributed by atoms with Crippen molar-refractivity contribution in [2.75, 3.05) is 11.9 Å². The van der Waals surface area contributed by atoms with Crippen LogP contribution in [0.5, 0.6) is 11.6 Å². The molecule has 9 heteroatoms. The largest absolute Gasteiger partial charge is 0.432 e. The number of benzene rings is 1. The lowest BCUT2D eigenvalue weighted by molar-refractivity contribution is -0.385. The molecule has 0 saturated heterocycles. The monoisotopic (exact) mass is 356 g/mol. The Morgan fingerprint density at radius 3 is 2.90 bits per heavy atom. The Balaban J connectivity index is 2.46. The number of ether oxygens (including phenoxy) is 1. The van der Waals surface area contributed by atoms with E-state index < -0.39 is 16.4 Å². The molecule has 2 rings (SSSR count). The van der Waals surface area contributed by atoms with Crippen molar-refractivity contribution < 1.29 is 14.1 Å². The summed E-state index contributed by atoms with van der Waals surface area (Å²) in [5.74, 6) is -0.673. The average Bonchev–Trinajstić information content (AvgIpc) is 2.43. The van der Waals surface area contributed by atoms with Gasteiger partial charge in [-0.3, -0.25) is 10.1 Å². The molecule has 0 bridgehead atoms. The molecular weight excluding hydrogens is 347 g/mol. The van der Waals surface area contributed by atoms with Crippen molar-refractivity contribution in [1.82, 2.24) is 9.97 Å². The minimum absolute atomic E-state index is 0.0417. The van der Waals surface area contributed by atoms with Gasteiger partial charge in [0.25, 0.3) is 0 Å². The molecule has 1 aromatic heterocycles. The molecule has 0 atom stereocenters. The smallest absolute Gasteiger partial charge is 0.373 e. The molecule has 1 aromatic carbocycles. The zero-order chi connectivity index (χ0) is 15.4. The minimum Gasteiger partial charge on any atom is -0.432 e. The fourth-order valence-corrected chi connectivity index (χ4v) is 1.89. The van der Waals surface area contributed by atoms with Crippen molar-refractivity contribution in [3.8, 4) is 11.6 Å². The maximum absolute atomic E-state index is 13.2. The van der Waals surface area contributed by atoms with E-state index in [1.54, 1.807) is 6.92 Å². The molecule has 1 N–H and O–H groups in total. The van der Waals surface area contributed by atoms with E-state index >= 15 is 0 Å². The van der Waals surface area contributed by atoms with Crippen molar-refractivity contribution in [2.24, 2.45) is 0 Å². The molecule has 0 spiro atoms. The van der Waals surface area contributed by atoms with Crippen LogP contribution in [-0.2, 0) is 0 Å². The number of aromatic nitrogens is 2. The predicted molar refractivity (Wildman–Crippen MR) is 77.0 cm³/mol. The first-order chi connectivity index (χ1) is 10.0. The quantitative estimate of drug-likeness (QED) is 0.651. The van der Waals surface area contributed by atoms with Crippen LogP contribution in [0, 0.1) is 15.9 Å². The third-order valence-corrected chi connectivity index (χ3v) is 3.07. The van der Waals surface area contributed by atoms with Crippen LogP contribution in [0.25, 0.3) is 0 Å². The molecule has 2 aromatic rings. The summed E-state index contributed by atoms with van der Waals surface area (Å²) in [7, 11) is 0. The zero-order valence-electron chi connectivity index (χ0n) is 10.8. The Morgan fingerprint density at radius 1 is 1.48 bits per heavy atom. The molecule has 0 aliphatic rings. The van der Waals surface area contributed by atoms with Crippen LogP contribution in [-0.4, -0.2) is 21.4 Å². The molecular formula is C12H10BrFN4O3. The molecule has 0 unspecified atom stereocenters. The summed E-state index contributed by atoms with van der Waals surface area (Å²) >= 11 is 3.18. The third-order valence-electron chi connectivity index (χ3n) is 2.42.